The van der Waals surface area contributed by atoms with Crippen LogP contribution < -0.4 is 24.9 Å². The fraction of sp³-hybridized carbons (Fsp3) is 0.583. The van der Waals surface area contributed by atoms with E-state index in [0.717, 1.165) is 109 Å². The van der Waals surface area contributed by atoms with Crippen LogP contribution in [-0.4, -0.2) is 95.3 Å². The van der Waals surface area contributed by atoms with Crippen LogP contribution in [0.5, 0.6) is 0 Å². The van der Waals surface area contributed by atoms with Crippen LogP contribution in [0.15, 0.2) is 30.3 Å². The molecule has 3 saturated heterocycles. The number of rotatable bonds is 6. The maximum absolute atomic E-state index is 5.62. The minimum Gasteiger partial charge on any atom is -0.379 e. The maximum atomic E-state index is 5.62. The molecule has 0 amide bonds. The van der Waals surface area contributed by atoms with Crippen molar-refractivity contribution in [1.29, 1.82) is 0 Å². The molecule has 4 heterocycles. The minimum absolute atomic E-state index is 0.719. The molecule has 1 N–H and O–H groups in total. The van der Waals surface area contributed by atoms with Gasteiger partial charge < -0.3 is 34.4 Å². The molecule has 1 aromatic heterocycles. The zero-order valence-corrected chi connectivity index (χ0v) is 19.6. The summed E-state index contributed by atoms with van der Waals surface area (Å²) >= 11 is 0. The summed E-state index contributed by atoms with van der Waals surface area (Å²) in [5.41, 5.74) is 2.33. The Morgan fingerprint density at radius 3 is 1.79 bits per heavy atom. The van der Waals surface area contributed by atoms with E-state index in [1.54, 1.807) is 0 Å². The molecule has 0 unspecified atom stereocenters. The molecule has 3 aliphatic rings. The van der Waals surface area contributed by atoms with Crippen LogP contribution >= 0.6 is 0 Å². The van der Waals surface area contributed by atoms with Gasteiger partial charge in [-0.15, -0.1) is 0 Å². The van der Waals surface area contributed by atoms with Crippen LogP contribution in [0.2, 0.25) is 0 Å². The number of hydrogen-bond donors (Lipinski definition) is 1. The normalized spacial score (nSPS) is 19.7. The molecular weight excluding hydrogens is 418 g/mol. The number of para-hydroxylation sites is 1. The van der Waals surface area contributed by atoms with Crippen LogP contribution in [0.25, 0.3) is 0 Å². The Kier molecular flexibility index (Phi) is 6.97. The van der Waals surface area contributed by atoms with E-state index in [1.807, 2.05) is 0 Å². The quantitative estimate of drug-likeness (QED) is 0.706. The number of benzene rings is 1. The summed E-state index contributed by atoms with van der Waals surface area (Å²) in [6.07, 6.45) is 0. The van der Waals surface area contributed by atoms with E-state index in [0.29, 0.717) is 0 Å². The molecule has 1 aromatic carbocycles. The number of ether oxygens (including phenoxy) is 2. The Morgan fingerprint density at radius 1 is 0.697 bits per heavy atom. The summed E-state index contributed by atoms with van der Waals surface area (Å²) < 4.78 is 11.2. The Morgan fingerprint density at radius 2 is 1.21 bits per heavy atom. The first-order chi connectivity index (χ1) is 16.3. The molecular formula is C24H35N7O2. The lowest BCUT2D eigenvalue weighted by atomic mass is 10.2. The van der Waals surface area contributed by atoms with E-state index < -0.39 is 0 Å². The smallest absolute Gasteiger partial charge is 0.229 e. The summed E-state index contributed by atoms with van der Waals surface area (Å²) in [5.74, 6) is 2.82. The lowest BCUT2D eigenvalue weighted by molar-refractivity contribution is 0.121. The van der Waals surface area contributed by atoms with Crippen LogP contribution in [0, 0.1) is 0 Å². The number of morpholine rings is 2. The van der Waals surface area contributed by atoms with E-state index in [9.17, 15) is 0 Å². The third kappa shape index (κ3) is 4.94. The second kappa shape index (κ2) is 10.4. The Hall–Kier alpha value is -2.78. The molecule has 0 saturated carbocycles. The highest BCUT2D eigenvalue weighted by Crippen LogP contribution is 2.36. The Bertz CT molecular complexity index is 893. The minimum atomic E-state index is 0.719. The monoisotopic (exact) mass is 453 g/mol. The second-order valence-electron chi connectivity index (χ2n) is 8.58. The number of aromatic nitrogens is 2. The van der Waals surface area contributed by atoms with Gasteiger partial charge in [0.1, 0.15) is 5.69 Å². The summed E-state index contributed by atoms with van der Waals surface area (Å²) in [6.45, 7) is 13.0. The lowest BCUT2D eigenvalue weighted by Gasteiger charge is -2.39. The van der Waals surface area contributed by atoms with E-state index in [1.165, 1.54) is 5.69 Å². The molecule has 0 bridgehead atoms. The topological polar surface area (TPSA) is 69.2 Å². The van der Waals surface area contributed by atoms with Crippen LogP contribution in [-0.2, 0) is 9.47 Å². The van der Waals surface area contributed by atoms with Gasteiger partial charge in [-0.2, -0.15) is 9.97 Å². The molecule has 2 aromatic rings. The molecule has 0 spiro atoms. The standard InChI is InChI=1S/C24H35N7O2/c1-2-25-21-22(29-10-8-28(9-11-29)20-6-4-3-5-7-20)26-24(31-14-18-33-19-15-31)27-23(21)30-12-16-32-17-13-30/h3-7,25H,2,8-19H2,1H3. The zero-order chi connectivity index (χ0) is 22.5. The fourth-order valence-electron chi connectivity index (χ4n) is 4.71. The fourth-order valence-corrected chi connectivity index (χ4v) is 4.71. The Labute approximate surface area is 196 Å². The first-order valence-electron chi connectivity index (χ1n) is 12.2. The van der Waals surface area contributed by atoms with Crippen molar-refractivity contribution in [3.63, 3.8) is 0 Å². The van der Waals surface area contributed by atoms with Crippen molar-refractivity contribution in [1.82, 2.24) is 9.97 Å². The van der Waals surface area contributed by atoms with E-state index >= 15 is 0 Å². The van der Waals surface area contributed by atoms with Gasteiger partial charge in [-0.1, -0.05) is 18.2 Å². The molecule has 5 rings (SSSR count). The molecule has 9 heteroatoms. The van der Waals surface area contributed by atoms with Crippen molar-refractivity contribution < 1.29 is 9.47 Å². The predicted octanol–water partition coefficient (Wildman–Crippen LogP) is 1.91. The van der Waals surface area contributed by atoms with Gasteiger partial charge in [0, 0.05) is 64.6 Å². The second-order valence-corrected chi connectivity index (χ2v) is 8.58. The largest absolute Gasteiger partial charge is 0.379 e. The van der Waals surface area contributed by atoms with Gasteiger partial charge in [0.25, 0.3) is 0 Å². The van der Waals surface area contributed by atoms with Crippen molar-refractivity contribution in [2.24, 2.45) is 0 Å². The first-order valence-corrected chi connectivity index (χ1v) is 12.2. The number of anilines is 5. The lowest BCUT2D eigenvalue weighted by Crippen LogP contribution is -2.47. The highest BCUT2D eigenvalue weighted by Gasteiger charge is 2.28. The van der Waals surface area contributed by atoms with Crippen molar-refractivity contribution in [2.75, 3.05) is 110 Å². The molecule has 33 heavy (non-hydrogen) atoms. The van der Waals surface area contributed by atoms with Gasteiger partial charge in [0.05, 0.1) is 26.4 Å². The molecule has 0 aliphatic carbocycles. The number of nitrogens with one attached hydrogen (secondary N) is 1. The average molecular weight is 454 g/mol. The van der Waals surface area contributed by atoms with Crippen LogP contribution in [0.1, 0.15) is 6.92 Å². The highest BCUT2D eigenvalue weighted by molar-refractivity contribution is 5.80. The maximum Gasteiger partial charge on any atom is 0.229 e. The average Bonchev–Trinajstić information content (AvgIpc) is 2.90. The molecule has 0 atom stereocenters. The summed E-state index contributed by atoms with van der Waals surface area (Å²) in [5, 5.41) is 3.61. The molecule has 0 radical (unpaired) electrons. The van der Waals surface area contributed by atoms with E-state index in [-0.39, 0.29) is 0 Å². The molecule has 9 nitrogen and oxygen atoms in total. The van der Waals surface area contributed by atoms with Crippen molar-refractivity contribution in [2.45, 2.75) is 6.92 Å². The van der Waals surface area contributed by atoms with E-state index in [4.69, 9.17) is 19.4 Å². The predicted molar refractivity (Wildman–Crippen MR) is 133 cm³/mol. The first kappa shape index (κ1) is 22.0. The SMILES string of the molecule is CCNc1c(N2CCOCC2)nc(N2CCOCC2)nc1N1CCN(c2ccccc2)CC1. The van der Waals surface area contributed by atoms with E-state index in [2.05, 4.69) is 62.2 Å². The van der Waals surface area contributed by atoms with Crippen molar-refractivity contribution in [3.8, 4) is 0 Å². The van der Waals surface area contributed by atoms with Crippen LogP contribution in [0.4, 0.5) is 29.0 Å². The van der Waals surface area contributed by atoms with Gasteiger partial charge in [0.15, 0.2) is 11.6 Å². The van der Waals surface area contributed by atoms with Gasteiger partial charge in [-0.25, -0.2) is 0 Å². The Balaban J connectivity index is 1.46. The van der Waals surface area contributed by atoms with Gasteiger partial charge >= 0.3 is 0 Å². The van der Waals surface area contributed by atoms with Gasteiger partial charge in [0.2, 0.25) is 5.95 Å². The molecule has 3 aliphatic heterocycles. The zero-order valence-electron chi connectivity index (χ0n) is 19.6. The highest BCUT2D eigenvalue weighted by atomic mass is 16.5. The van der Waals surface area contributed by atoms with Crippen LogP contribution in [0.3, 0.4) is 0 Å². The summed E-state index contributed by atoms with van der Waals surface area (Å²) in [7, 11) is 0. The van der Waals surface area contributed by atoms with Gasteiger partial charge in [-0.05, 0) is 19.1 Å². The third-order valence-electron chi connectivity index (χ3n) is 6.52. The molecule has 178 valence electrons. The number of nitrogens with zero attached hydrogens (tertiary/aromatic N) is 6. The van der Waals surface area contributed by atoms with Crippen molar-refractivity contribution in [3.05, 3.63) is 30.3 Å². The summed E-state index contributed by atoms with van der Waals surface area (Å²) in [6, 6.07) is 10.7. The molecule has 3 fully saturated rings. The van der Waals surface area contributed by atoms with Crippen molar-refractivity contribution >= 4 is 29.0 Å². The number of hydrogen-bond acceptors (Lipinski definition) is 9. The summed E-state index contributed by atoms with van der Waals surface area (Å²) in [4.78, 5) is 19.7. The van der Waals surface area contributed by atoms with Gasteiger partial charge in [-0.3, -0.25) is 0 Å². The third-order valence-corrected chi connectivity index (χ3v) is 6.52. The number of piperazine rings is 1.